The molecule has 0 bridgehead atoms. The minimum Gasteiger partial charge on any atom is -0.455 e. The van der Waals surface area contributed by atoms with Crippen LogP contribution in [0.5, 0.6) is 0 Å². The lowest BCUT2D eigenvalue weighted by Gasteiger charge is -2.40. The molecule has 0 saturated carbocycles. The summed E-state index contributed by atoms with van der Waals surface area (Å²) in [6.07, 6.45) is 6.02. The van der Waals surface area contributed by atoms with Crippen molar-refractivity contribution in [2.75, 3.05) is 18.1 Å². The predicted octanol–water partition coefficient (Wildman–Crippen LogP) is 3.94. The number of hydrogen-bond donors (Lipinski definition) is 2. The number of carbonyl (C=O) groups is 4. The molecule has 254 valence electrons. The first-order chi connectivity index (χ1) is 23.0. The Morgan fingerprint density at radius 3 is 2.35 bits per heavy atom. The lowest BCUT2D eigenvalue weighted by molar-refractivity contribution is -0.162. The fourth-order valence-corrected chi connectivity index (χ4v) is 8.05. The minimum atomic E-state index is -1.51. The number of cyclic esters (lactones) is 1. The van der Waals surface area contributed by atoms with Crippen molar-refractivity contribution in [3.63, 3.8) is 0 Å². The van der Waals surface area contributed by atoms with Crippen molar-refractivity contribution in [3.05, 3.63) is 89.5 Å². The third kappa shape index (κ3) is 5.64. The first kappa shape index (κ1) is 33.6. The number of aliphatic hydroxyl groups is 1. The Hall–Kier alpha value is -4.28. The van der Waals surface area contributed by atoms with E-state index in [2.05, 4.69) is 5.32 Å². The van der Waals surface area contributed by atoms with Gasteiger partial charge in [-0.15, -0.1) is 0 Å². The second kappa shape index (κ2) is 13.3. The smallest absolute Gasteiger partial charge is 0.313 e. The molecule has 2 aromatic rings. The lowest BCUT2D eigenvalue weighted by atomic mass is 9.77. The summed E-state index contributed by atoms with van der Waals surface area (Å²) in [4.78, 5) is 60.3. The Labute approximate surface area is 281 Å². The fraction of sp³-hybridized carbons (Fsp3) is 0.474. The van der Waals surface area contributed by atoms with Crippen LogP contribution in [-0.2, 0) is 28.7 Å². The number of nitrogens with zero attached hydrogens (tertiary/aromatic N) is 2. The number of aliphatic hydroxyl groups excluding tert-OH is 1. The van der Waals surface area contributed by atoms with Crippen molar-refractivity contribution in [3.8, 4) is 0 Å². The molecule has 0 aliphatic carbocycles. The summed E-state index contributed by atoms with van der Waals surface area (Å²) in [5.41, 5.74) is 1.76. The van der Waals surface area contributed by atoms with Crippen molar-refractivity contribution in [1.82, 2.24) is 10.2 Å². The van der Waals surface area contributed by atoms with Crippen LogP contribution in [0.15, 0.2) is 72.8 Å². The van der Waals surface area contributed by atoms with E-state index in [1.807, 2.05) is 82.3 Å². The molecule has 2 fully saturated rings. The average Bonchev–Trinajstić information content (AvgIpc) is 3.43. The SMILES string of the molecule is Cc1cccc(C)c1N1CC=C[C@@]23O[C@H]4/C=C\CCC(=O)N[C@@H](C)[C@H](c5ccccc5)OC(=O)[C@H]4[C@@H]2C(=O)N([C@@H](CO)C(C)C)[C@H]3C1=O. The highest BCUT2D eigenvalue weighted by molar-refractivity contribution is 6.06. The van der Waals surface area contributed by atoms with E-state index < -0.39 is 59.6 Å². The fourth-order valence-electron chi connectivity index (χ4n) is 8.05. The number of allylic oxidation sites excluding steroid dienone is 1. The van der Waals surface area contributed by atoms with Crippen LogP contribution >= 0.6 is 0 Å². The Kier molecular flexibility index (Phi) is 9.33. The van der Waals surface area contributed by atoms with Gasteiger partial charge < -0.3 is 29.7 Å². The summed E-state index contributed by atoms with van der Waals surface area (Å²) >= 11 is 0. The number of benzene rings is 2. The zero-order chi connectivity index (χ0) is 34.3. The summed E-state index contributed by atoms with van der Waals surface area (Å²) < 4.78 is 13.1. The number of likely N-dealkylation sites (tertiary alicyclic amines) is 1. The third-order valence-corrected chi connectivity index (χ3v) is 10.3. The van der Waals surface area contributed by atoms with E-state index in [9.17, 15) is 24.3 Å². The van der Waals surface area contributed by atoms with Gasteiger partial charge in [-0.25, -0.2) is 0 Å². The van der Waals surface area contributed by atoms with Crippen molar-refractivity contribution < 1.29 is 33.8 Å². The summed E-state index contributed by atoms with van der Waals surface area (Å²) in [5.74, 6) is -4.00. The molecule has 8 atom stereocenters. The molecular formula is C38H45N3O7. The zero-order valence-corrected chi connectivity index (χ0v) is 28.2. The topological polar surface area (TPSA) is 125 Å². The number of nitrogens with one attached hydrogen (secondary N) is 1. The second-order valence-corrected chi connectivity index (χ2v) is 13.8. The van der Waals surface area contributed by atoms with Crippen LogP contribution < -0.4 is 10.2 Å². The molecule has 2 aromatic carbocycles. The zero-order valence-electron chi connectivity index (χ0n) is 28.2. The van der Waals surface area contributed by atoms with E-state index >= 15 is 0 Å². The molecule has 4 aliphatic rings. The highest BCUT2D eigenvalue weighted by Gasteiger charge is 2.72. The molecule has 10 heteroatoms. The Bertz CT molecular complexity index is 1620. The van der Waals surface area contributed by atoms with Crippen LogP contribution in [0.25, 0.3) is 0 Å². The van der Waals surface area contributed by atoms with E-state index in [0.717, 1.165) is 16.8 Å². The normalized spacial score (nSPS) is 32.0. The molecule has 3 amide bonds. The summed E-state index contributed by atoms with van der Waals surface area (Å²) in [6.45, 7) is 9.34. The third-order valence-electron chi connectivity index (χ3n) is 10.3. The Balaban J connectivity index is 1.49. The maximum absolute atomic E-state index is 15.0. The molecule has 0 aromatic heterocycles. The van der Waals surface area contributed by atoms with Gasteiger partial charge in [0.1, 0.15) is 23.7 Å². The van der Waals surface area contributed by atoms with E-state index in [-0.39, 0.29) is 37.3 Å². The molecule has 48 heavy (non-hydrogen) atoms. The summed E-state index contributed by atoms with van der Waals surface area (Å²) in [7, 11) is 0. The quantitative estimate of drug-likeness (QED) is 0.369. The number of amides is 3. The number of ether oxygens (including phenoxy) is 2. The Morgan fingerprint density at radius 2 is 1.69 bits per heavy atom. The largest absolute Gasteiger partial charge is 0.455 e. The molecule has 4 aliphatic heterocycles. The van der Waals surface area contributed by atoms with E-state index in [1.165, 1.54) is 4.90 Å². The highest BCUT2D eigenvalue weighted by atomic mass is 16.6. The van der Waals surface area contributed by atoms with Gasteiger partial charge in [0.25, 0.3) is 5.91 Å². The minimum absolute atomic E-state index is 0.178. The average molecular weight is 656 g/mol. The number of esters is 1. The van der Waals surface area contributed by atoms with E-state index in [0.29, 0.717) is 12.0 Å². The number of para-hydroxylation sites is 1. The van der Waals surface area contributed by atoms with Crippen molar-refractivity contribution in [2.24, 2.45) is 17.8 Å². The molecule has 2 N–H and O–H groups in total. The Morgan fingerprint density at radius 1 is 0.979 bits per heavy atom. The van der Waals surface area contributed by atoms with Crippen molar-refractivity contribution >= 4 is 29.4 Å². The predicted molar refractivity (Wildman–Crippen MR) is 180 cm³/mol. The van der Waals surface area contributed by atoms with Crippen LogP contribution in [0.4, 0.5) is 5.69 Å². The molecule has 6 rings (SSSR count). The molecule has 0 radical (unpaired) electrons. The molecule has 2 saturated heterocycles. The number of rotatable bonds is 5. The van der Waals surface area contributed by atoms with Gasteiger partial charge in [0, 0.05) is 18.7 Å². The van der Waals surface area contributed by atoms with Gasteiger partial charge >= 0.3 is 5.97 Å². The molecule has 0 unspecified atom stereocenters. The van der Waals surface area contributed by atoms with Gasteiger partial charge in [-0.1, -0.05) is 86.7 Å². The second-order valence-electron chi connectivity index (χ2n) is 13.8. The van der Waals surface area contributed by atoms with E-state index in [1.54, 1.807) is 30.1 Å². The van der Waals surface area contributed by atoms with Gasteiger partial charge in [-0.05, 0) is 49.8 Å². The van der Waals surface area contributed by atoms with E-state index in [4.69, 9.17) is 9.47 Å². The maximum atomic E-state index is 15.0. The maximum Gasteiger partial charge on any atom is 0.313 e. The lowest BCUT2D eigenvalue weighted by Crippen LogP contribution is -2.59. The monoisotopic (exact) mass is 655 g/mol. The first-order valence-electron chi connectivity index (χ1n) is 16.9. The number of hydrogen-bond acceptors (Lipinski definition) is 7. The number of fused-ring (bicyclic) bond motifs is 2. The summed E-state index contributed by atoms with van der Waals surface area (Å²) in [6, 6.07) is 12.6. The summed E-state index contributed by atoms with van der Waals surface area (Å²) in [5, 5.41) is 13.6. The van der Waals surface area contributed by atoms with Crippen LogP contribution in [0.3, 0.4) is 0 Å². The molecular weight excluding hydrogens is 610 g/mol. The van der Waals surface area contributed by atoms with Gasteiger partial charge in [0.15, 0.2) is 0 Å². The van der Waals surface area contributed by atoms with Crippen molar-refractivity contribution in [1.29, 1.82) is 0 Å². The van der Waals surface area contributed by atoms with Gasteiger partial charge in [0.2, 0.25) is 11.8 Å². The van der Waals surface area contributed by atoms with Gasteiger partial charge in [-0.2, -0.15) is 0 Å². The number of aryl methyl sites for hydroxylation is 2. The van der Waals surface area contributed by atoms with Crippen LogP contribution in [0.2, 0.25) is 0 Å². The standard InChI is InChI=1S/C38H45N3O7/c1-22(2)27(21-42)41-34-36(45)40(32-23(3)13-11-14-24(32)4)20-12-19-38(34)31(35(41)44)30-28(48-38)17-9-10-18-29(43)39-25(5)33(47-37(30)46)26-15-7-6-8-16-26/h6-9,11-17,19,22,25,27-28,30-31,33-34,42H,10,18,20-21H2,1-5H3,(H,39,43)/b17-9-/t25-,27-,28-,30+,31+,33+,34-,38+/m0/s1. The van der Waals surface area contributed by atoms with Crippen LogP contribution in [0.1, 0.15) is 56.4 Å². The number of anilines is 1. The van der Waals surface area contributed by atoms with Gasteiger partial charge in [0.05, 0.1) is 30.7 Å². The first-order valence-corrected chi connectivity index (χ1v) is 16.9. The molecule has 4 heterocycles. The molecule has 10 nitrogen and oxygen atoms in total. The van der Waals surface area contributed by atoms with Crippen molar-refractivity contribution in [2.45, 2.75) is 83.4 Å². The highest BCUT2D eigenvalue weighted by Crippen LogP contribution is 2.54. The van der Waals surface area contributed by atoms with Crippen LogP contribution in [-0.4, -0.2) is 76.7 Å². The van der Waals surface area contributed by atoms with Gasteiger partial charge in [-0.3, -0.25) is 19.2 Å². The van der Waals surface area contributed by atoms with Crippen LogP contribution in [0, 0.1) is 31.6 Å². The number of carbonyl (C=O) groups excluding carboxylic acids is 4. The molecule has 1 spiro atoms.